The van der Waals surface area contributed by atoms with E-state index in [4.69, 9.17) is 33.0 Å². The van der Waals surface area contributed by atoms with Gasteiger partial charge in [-0.3, -0.25) is 0 Å². The summed E-state index contributed by atoms with van der Waals surface area (Å²) in [7, 11) is 0. The van der Waals surface area contributed by atoms with E-state index in [1.54, 1.807) is 18.2 Å². The predicted molar refractivity (Wildman–Crippen MR) is 76.1 cm³/mol. The highest BCUT2D eigenvalue weighted by Crippen LogP contribution is 2.37. The minimum absolute atomic E-state index is 0.427. The molecule has 1 fully saturated rings. The summed E-state index contributed by atoms with van der Waals surface area (Å²) in [6, 6.07) is 4.84. The standard InChI is InChI=1S/C12H14Cl2O5S/c13-5-1-2-6(14)8(3-5)20-12-11(18)10(17)9(16)7(4-15)19-12/h1-3,7,9-12,15-18H,4H2/t7-,9+,10+,11-,12+/m0/s1. The van der Waals surface area contributed by atoms with Crippen LogP contribution in [0.2, 0.25) is 10.0 Å². The first kappa shape index (κ1) is 16.3. The Morgan fingerprint density at radius 1 is 1.10 bits per heavy atom. The minimum Gasteiger partial charge on any atom is -0.394 e. The van der Waals surface area contributed by atoms with Crippen LogP contribution in [-0.2, 0) is 4.74 Å². The second-order valence-electron chi connectivity index (χ2n) is 4.39. The van der Waals surface area contributed by atoms with Gasteiger partial charge in [0.2, 0.25) is 0 Å². The molecule has 20 heavy (non-hydrogen) atoms. The fraction of sp³-hybridized carbons (Fsp3) is 0.500. The lowest BCUT2D eigenvalue weighted by Crippen LogP contribution is -2.57. The first-order valence-electron chi connectivity index (χ1n) is 5.86. The summed E-state index contributed by atoms with van der Waals surface area (Å²) in [5.41, 5.74) is -0.874. The first-order valence-corrected chi connectivity index (χ1v) is 7.50. The van der Waals surface area contributed by atoms with Gasteiger partial charge >= 0.3 is 0 Å². The second-order valence-corrected chi connectivity index (χ2v) is 6.37. The number of aliphatic hydroxyl groups excluding tert-OH is 4. The SMILES string of the molecule is OC[C@@H]1O[C@H](Sc2cc(Cl)ccc2Cl)[C@@H](O)[C@H](O)[C@@H]1O. The van der Waals surface area contributed by atoms with Crippen molar-refractivity contribution in [2.45, 2.75) is 34.7 Å². The smallest absolute Gasteiger partial charge is 0.136 e. The van der Waals surface area contributed by atoms with Gasteiger partial charge in [0.25, 0.3) is 0 Å². The highest BCUT2D eigenvalue weighted by Gasteiger charge is 2.43. The lowest BCUT2D eigenvalue weighted by atomic mass is 10.0. The number of aliphatic hydroxyl groups is 4. The summed E-state index contributed by atoms with van der Waals surface area (Å²) in [5.74, 6) is 0. The maximum Gasteiger partial charge on any atom is 0.136 e. The van der Waals surface area contributed by atoms with E-state index in [1.165, 1.54) is 0 Å². The van der Waals surface area contributed by atoms with Crippen molar-refractivity contribution < 1.29 is 25.2 Å². The first-order chi connectivity index (χ1) is 9.43. The Balaban J connectivity index is 2.17. The average Bonchev–Trinajstić information content (AvgIpc) is 2.43. The molecule has 0 radical (unpaired) electrons. The number of hydrogen-bond donors (Lipinski definition) is 4. The number of rotatable bonds is 3. The number of thioether (sulfide) groups is 1. The van der Waals surface area contributed by atoms with Crippen LogP contribution in [0.25, 0.3) is 0 Å². The Morgan fingerprint density at radius 2 is 1.80 bits per heavy atom. The van der Waals surface area contributed by atoms with E-state index >= 15 is 0 Å². The third-order valence-corrected chi connectivity index (χ3v) is 4.88. The van der Waals surface area contributed by atoms with Crippen molar-refractivity contribution in [3.05, 3.63) is 28.2 Å². The zero-order valence-corrected chi connectivity index (χ0v) is 12.5. The van der Waals surface area contributed by atoms with Gasteiger partial charge in [-0.15, -0.1) is 0 Å². The van der Waals surface area contributed by atoms with Gasteiger partial charge in [-0.05, 0) is 18.2 Å². The van der Waals surface area contributed by atoms with Crippen molar-refractivity contribution in [1.29, 1.82) is 0 Å². The van der Waals surface area contributed by atoms with E-state index < -0.39 is 36.5 Å². The summed E-state index contributed by atoms with van der Waals surface area (Å²) in [5, 5.41) is 39.3. The third kappa shape index (κ3) is 3.40. The van der Waals surface area contributed by atoms with Gasteiger partial charge in [-0.2, -0.15) is 0 Å². The van der Waals surface area contributed by atoms with Gasteiger partial charge in [0.1, 0.15) is 29.9 Å². The van der Waals surface area contributed by atoms with Crippen molar-refractivity contribution in [2.24, 2.45) is 0 Å². The molecule has 0 saturated carbocycles. The maximum atomic E-state index is 9.93. The van der Waals surface area contributed by atoms with E-state index in [0.29, 0.717) is 14.9 Å². The number of benzene rings is 1. The van der Waals surface area contributed by atoms with Crippen LogP contribution in [0.5, 0.6) is 0 Å². The van der Waals surface area contributed by atoms with E-state index in [1.807, 2.05) is 0 Å². The zero-order valence-electron chi connectivity index (χ0n) is 10.2. The molecular weight excluding hydrogens is 327 g/mol. The molecule has 0 unspecified atom stereocenters. The van der Waals surface area contributed by atoms with Crippen LogP contribution in [-0.4, -0.2) is 56.9 Å². The quantitative estimate of drug-likeness (QED) is 0.653. The molecule has 4 N–H and O–H groups in total. The van der Waals surface area contributed by atoms with Gasteiger partial charge in [0.15, 0.2) is 0 Å². The molecule has 5 atom stereocenters. The van der Waals surface area contributed by atoms with Crippen LogP contribution in [0.3, 0.4) is 0 Å². The topological polar surface area (TPSA) is 90.2 Å². The molecular formula is C12H14Cl2O5S. The molecule has 1 aromatic rings. The minimum atomic E-state index is -1.41. The average molecular weight is 341 g/mol. The zero-order chi connectivity index (χ0) is 14.9. The molecule has 112 valence electrons. The van der Waals surface area contributed by atoms with Crippen molar-refractivity contribution in [1.82, 2.24) is 0 Å². The van der Waals surface area contributed by atoms with Crippen LogP contribution in [0.15, 0.2) is 23.1 Å². The highest BCUT2D eigenvalue weighted by atomic mass is 35.5. The van der Waals surface area contributed by atoms with Gasteiger partial charge in [-0.25, -0.2) is 0 Å². The summed E-state index contributed by atoms with van der Waals surface area (Å²) in [6.45, 7) is -0.467. The Morgan fingerprint density at radius 3 is 2.45 bits per heavy atom. The second kappa shape index (κ2) is 6.81. The van der Waals surface area contributed by atoms with Gasteiger partial charge in [-0.1, -0.05) is 35.0 Å². The molecule has 5 nitrogen and oxygen atoms in total. The molecule has 8 heteroatoms. The molecule has 1 aromatic carbocycles. The van der Waals surface area contributed by atoms with Crippen molar-refractivity contribution in [3.63, 3.8) is 0 Å². The lowest BCUT2D eigenvalue weighted by molar-refractivity contribution is -0.205. The Hall–Kier alpha value is -0.0500. The summed E-state index contributed by atoms with van der Waals surface area (Å²) < 4.78 is 5.38. The van der Waals surface area contributed by atoms with Crippen LogP contribution >= 0.6 is 35.0 Å². The van der Waals surface area contributed by atoms with Crippen molar-refractivity contribution in [2.75, 3.05) is 6.61 Å². The summed E-state index contributed by atoms with van der Waals surface area (Å²) in [4.78, 5) is 0.573. The molecule has 1 aliphatic rings. The monoisotopic (exact) mass is 340 g/mol. The largest absolute Gasteiger partial charge is 0.394 e. The van der Waals surface area contributed by atoms with E-state index in [0.717, 1.165) is 11.8 Å². The predicted octanol–water partition coefficient (Wildman–Crippen LogP) is 0.885. The van der Waals surface area contributed by atoms with Crippen LogP contribution < -0.4 is 0 Å². The molecule has 0 amide bonds. The Kier molecular flexibility index (Phi) is 5.56. The fourth-order valence-electron chi connectivity index (χ4n) is 1.86. The van der Waals surface area contributed by atoms with Crippen LogP contribution in [0.1, 0.15) is 0 Å². The van der Waals surface area contributed by atoms with Crippen LogP contribution in [0.4, 0.5) is 0 Å². The molecule has 0 bridgehead atoms. The molecule has 1 saturated heterocycles. The normalized spacial score (nSPS) is 34.2. The number of ether oxygens (including phenoxy) is 1. The van der Waals surface area contributed by atoms with Gasteiger partial charge in [0, 0.05) is 9.92 Å². The molecule has 1 heterocycles. The molecule has 0 spiro atoms. The van der Waals surface area contributed by atoms with E-state index in [-0.39, 0.29) is 0 Å². The molecule has 2 rings (SSSR count). The Bertz CT molecular complexity index is 473. The maximum absolute atomic E-state index is 9.93. The lowest BCUT2D eigenvalue weighted by Gasteiger charge is -2.39. The fourth-order valence-corrected chi connectivity index (χ4v) is 3.47. The third-order valence-electron chi connectivity index (χ3n) is 2.98. The van der Waals surface area contributed by atoms with Crippen LogP contribution in [0, 0.1) is 0 Å². The Labute approximate surface area is 130 Å². The van der Waals surface area contributed by atoms with Gasteiger partial charge in [0.05, 0.1) is 11.6 Å². The van der Waals surface area contributed by atoms with Crippen molar-refractivity contribution >= 4 is 35.0 Å². The van der Waals surface area contributed by atoms with Crippen molar-refractivity contribution in [3.8, 4) is 0 Å². The van der Waals surface area contributed by atoms with Gasteiger partial charge < -0.3 is 25.2 Å². The summed E-state index contributed by atoms with van der Waals surface area (Å²) >= 11 is 13.0. The number of halogens is 2. The molecule has 0 aromatic heterocycles. The molecule has 0 aliphatic carbocycles. The highest BCUT2D eigenvalue weighted by molar-refractivity contribution is 8.00. The summed E-state index contributed by atoms with van der Waals surface area (Å²) in [6.07, 6.45) is -5.03. The van der Waals surface area contributed by atoms with E-state index in [9.17, 15) is 15.3 Å². The molecule has 1 aliphatic heterocycles. The number of hydrogen-bond acceptors (Lipinski definition) is 6. The van der Waals surface area contributed by atoms with E-state index in [2.05, 4.69) is 0 Å².